The Kier molecular flexibility index (Phi) is 10.1. The van der Waals surface area contributed by atoms with Gasteiger partial charge in [-0.15, -0.1) is 24.8 Å². The van der Waals surface area contributed by atoms with Crippen LogP contribution in [0.15, 0.2) is 24.3 Å². The molecule has 0 aliphatic carbocycles. The number of hydrogen-bond acceptors (Lipinski definition) is 4. The highest BCUT2D eigenvalue weighted by molar-refractivity contribution is 6.30. The van der Waals surface area contributed by atoms with E-state index in [0.29, 0.717) is 18.1 Å². The Morgan fingerprint density at radius 2 is 1.71 bits per heavy atom. The van der Waals surface area contributed by atoms with Crippen molar-refractivity contribution in [2.45, 2.75) is 13.0 Å². The van der Waals surface area contributed by atoms with E-state index in [4.69, 9.17) is 17.3 Å². The Bertz CT molecular complexity index is 532. The first-order valence-electron chi connectivity index (χ1n) is 7.29. The molecular weight excluding hydrogens is 375 g/mol. The fraction of sp³-hybridized carbons (Fsp3) is 0.467. The number of anilines is 1. The quantitative estimate of drug-likeness (QED) is 0.802. The monoisotopic (exact) mass is 396 g/mol. The smallest absolute Gasteiger partial charge is 0.242 e. The lowest BCUT2D eigenvalue weighted by molar-refractivity contribution is -0.133. The summed E-state index contributed by atoms with van der Waals surface area (Å²) >= 11 is 5.88. The lowest BCUT2D eigenvalue weighted by atomic mass is 10.2. The van der Waals surface area contributed by atoms with Gasteiger partial charge >= 0.3 is 0 Å². The van der Waals surface area contributed by atoms with E-state index in [1.807, 2.05) is 24.3 Å². The van der Waals surface area contributed by atoms with Crippen LogP contribution in [0.3, 0.4) is 0 Å². The van der Waals surface area contributed by atoms with E-state index in [1.54, 1.807) is 11.8 Å². The fourth-order valence-electron chi connectivity index (χ4n) is 2.30. The summed E-state index contributed by atoms with van der Waals surface area (Å²) in [7, 11) is 0. The summed E-state index contributed by atoms with van der Waals surface area (Å²) < 4.78 is 0. The molecule has 0 unspecified atom stereocenters. The van der Waals surface area contributed by atoms with Gasteiger partial charge in [-0.1, -0.05) is 11.6 Å². The molecule has 0 aromatic heterocycles. The van der Waals surface area contributed by atoms with E-state index < -0.39 is 6.04 Å². The summed E-state index contributed by atoms with van der Waals surface area (Å²) in [6.45, 7) is 4.38. The second kappa shape index (κ2) is 10.6. The van der Waals surface area contributed by atoms with Gasteiger partial charge in [0.25, 0.3) is 0 Å². The number of halogens is 3. The van der Waals surface area contributed by atoms with Crippen molar-refractivity contribution in [2.24, 2.45) is 5.73 Å². The van der Waals surface area contributed by atoms with Gasteiger partial charge in [0, 0.05) is 36.9 Å². The van der Waals surface area contributed by atoms with Crippen LogP contribution in [-0.4, -0.2) is 55.5 Å². The predicted octanol–water partition coefficient (Wildman–Crippen LogP) is 1.30. The summed E-state index contributed by atoms with van der Waals surface area (Å²) in [5.74, 6) is -0.391. The third kappa shape index (κ3) is 6.36. The molecule has 2 amide bonds. The van der Waals surface area contributed by atoms with Crippen molar-refractivity contribution in [2.75, 3.05) is 37.6 Å². The average Bonchev–Trinajstić information content (AvgIpc) is 2.53. The number of rotatable bonds is 4. The average molecular weight is 398 g/mol. The molecule has 0 saturated carbocycles. The molecule has 1 saturated heterocycles. The van der Waals surface area contributed by atoms with E-state index in [1.165, 1.54) is 0 Å². The molecule has 1 heterocycles. The minimum absolute atomic E-state index is 0. The third-order valence-electron chi connectivity index (χ3n) is 3.65. The fourth-order valence-corrected chi connectivity index (χ4v) is 2.43. The highest BCUT2D eigenvalue weighted by Gasteiger charge is 2.21. The Labute approximate surface area is 159 Å². The van der Waals surface area contributed by atoms with Crippen molar-refractivity contribution in [3.8, 4) is 0 Å². The standard InChI is InChI=1S/C15H21ClN4O2.2ClH/c1-11(17)15(22)18-10-14(21)20-8-6-19(7-9-20)13-4-2-12(16)3-5-13;;/h2-5,11H,6-10,17H2,1H3,(H,18,22);2*1H/t11-;;/m1../s1. The number of nitrogens with zero attached hydrogens (tertiary/aromatic N) is 2. The van der Waals surface area contributed by atoms with Gasteiger partial charge in [-0.25, -0.2) is 0 Å². The maximum Gasteiger partial charge on any atom is 0.242 e. The summed E-state index contributed by atoms with van der Waals surface area (Å²) in [5, 5.41) is 3.26. The van der Waals surface area contributed by atoms with Crippen LogP contribution < -0.4 is 16.0 Å². The Hall–Kier alpha value is -1.21. The van der Waals surface area contributed by atoms with Gasteiger partial charge in [-0.05, 0) is 31.2 Å². The molecule has 6 nitrogen and oxygen atoms in total. The number of hydrogen-bond donors (Lipinski definition) is 2. The zero-order chi connectivity index (χ0) is 16.1. The zero-order valence-electron chi connectivity index (χ0n) is 13.4. The highest BCUT2D eigenvalue weighted by Crippen LogP contribution is 2.19. The van der Waals surface area contributed by atoms with E-state index in [9.17, 15) is 9.59 Å². The second-order valence-corrected chi connectivity index (χ2v) is 5.79. The van der Waals surface area contributed by atoms with Crippen LogP contribution >= 0.6 is 36.4 Å². The van der Waals surface area contributed by atoms with E-state index in [0.717, 1.165) is 18.8 Å². The lowest BCUT2D eigenvalue weighted by Gasteiger charge is -2.36. The van der Waals surface area contributed by atoms with Crippen molar-refractivity contribution in [1.82, 2.24) is 10.2 Å². The summed E-state index contributed by atoms with van der Waals surface area (Å²) in [4.78, 5) is 27.4. The Balaban J connectivity index is 0.00000264. The van der Waals surface area contributed by atoms with Gasteiger partial charge in [0.2, 0.25) is 11.8 Å². The molecule has 1 atom stereocenters. The number of nitrogens with two attached hydrogens (primary N) is 1. The topological polar surface area (TPSA) is 78.7 Å². The van der Waals surface area contributed by atoms with Crippen LogP contribution in [0.25, 0.3) is 0 Å². The van der Waals surface area contributed by atoms with Gasteiger partial charge in [0.15, 0.2) is 0 Å². The van der Waals surface area contributed by atoms with Crippen molar-refractivity contribution in [3.63, 3.8) is 0 Å². The number of carbonyl (C=O) groups is 2. The van der Waals surface area contributed by atoms with Gasteiger partial charge in [-0.2, -0.15) is 0 Å². The van der Waals surface area contributed by atoms with Crippen LogP contribution in [0.4, 0.5) is 5.69 Å². The summed E-state index contributed by atoms with van der Waals surface area (Å²) in [6.07, 6.45) is 0. The molecule has 2 rings (SSSR count). The summed E-state index contributed by atoms with van der Waals surface area (Å²) in [6, 6.07) is 7.07. The lowest BCUT2D eigenvalue weighted by Crippen LogP contribution is -2.52. The molecule has 9 heteroatoms. The Morgan fingerprint density at radius 1 is 1.17 bits per heavy atom. The molecule has 1 aliphatic heterocycles. The molecule has 24 heavy (non-hydrogen) atoms. The molecule has 0 radical (unpaired) electrons. The number of carbonyl (C=O) groups excluding carboxylic acids is 2. The molecule has 136 valence electrons. The first-order valence-corrected chi connectivity index (χ1v) is 7.67. The van der Waals surface area contributed by atoms with Crippen LogP contribution in [0.5, 0.6) is 0 Å². The van der Waals surface area contributed by atoms with E-state index in [2.05, 4.69) is 10.2 Å². The maximum absolute atomic E-state index is 12.0. The minimum Gasteiger partial charge on any atom is -0.368 e. The van der Waals surface area contributed by atoms with Crippen LogP contribution in [0.1, 0.15) is 6.92 Å². The van der Waals surface area contributed by atoms with E-state index in [-0.39, 0.29) is 43.2 Å². The highest BCUT2D eigenvalue weighted by atomic mass is 35.5. The molecular formula is C15H23Cl3N4O2. The number of amides is 2. The first-order chi connectivity index (χ1) is 10.5. The molecule has 1 aliphatic rings. The van der Waals surface area contributed by atoms with Gasteiger partial charge in [0.1, 0.15) is 0 Å². The number of nitrogens with one attached hydrogen (secondary N) is 1. The SMILES string of the molecule is C[C@@H](N)C(=O)NCC(=O)N1CCN(c2ccc(Cl)cc2)CC1.Cl.Cl. The van der Waals surface area contributed by atoms with Gasteiger partial charge in [-0.3, -0.25) is 9.59 Å². The normalized spacial score (nSPS) is 15.0. The molecule has 0 bridgehead atoms. The first kappa shape index (κ1) is 22.8. The molecule has 3 N–H and O–H groups in total. The zero-order valence-corrected chi connectivity index (χ0v) is 15.8. The molecule has 1 aromatic carbocycles. The maximum atomic E-state index is 12.0. The third-order valence-corrected chi connectivity index (χ3v) is 3.90. The van der Waals surface area contributed by atoms with Crippen LogP contribution in [0, 0.1) is 0 Å². The summed E-state index contributed by atoms with van der Waals surface area (Å²) in [5.41, 5.74) is 6.54. The molecule has 1 aromatic rings. The van der Waals surface area contributed by atoms with Crippen molar-refractivity contribution in [1.29, 1.82) is 0 Å². The van der Waals surface area contributed by atoms with Gasteiger partial charge in [0.05, 0.1) is 12.6 Å². The van der Waals surface area contributed by atoms with Gasteiger partial charge < -0.3 is 20.9 Å². The van der Waals surface area contributed by atoms with Crippen LogP contribution in [0.2, 0.25) is 5.02 Å². The van der Waals surface area contributed by atoms with Crippen molar-refractivity contribution < 1.29 is 9.59 Å². The number of piperazine rings is 1. The molecule has 1 fully saturated rings. The van der Waals surface area contributed by atoms with Crippen LogP contribution in [-0.2, 0) is 9.59 Å². The predicted molar refractivity (Wildman–Crippen MR) is 101 cm³/mol. The van der Waals surface area contributed by atoms with Crippen molar-refractivity contribution in [3.05, 3.63) is 29.3 Å². The minimum atomic E-state index is -0.602. The van der Waals surface area contributed by atoms with Crippen molar-refractivity contribution >= 4 is 53.9 Å². The number of benzene rings is 1. The second-order valence-electron chi connectivity index (χ2n) is 5.35. The Morgan fingerprint density at radius 3 is 2.21 bits per heavy atom. The van der Waals surface area contributed by atoms with E-state index >= 15 is 0 Å². The largest absolute Gasteiger partial charge is 0.368 e. The molecule has 0 spiro atoms.